The average Bonchev–Trinajstić information content (AvgIpc) is 2.94. The molecule has 2 aromatic carbocycles. The highest BCUT2D eigenvalue weighted by molar-refractivity contribution is 6.30. The number of benzene rings is 2. The lowest BCUT2D eigenvalue weighted by Gasteiger charge is -2.07. The first-order valence-corrected chi connectivity index (χ1v) is 7.23. The lowest BCUT2D eigenvalue weighted by molar-refractivity contribution is -0.123. The Bertz CT molecular complexity index is 763. The van der Waals surface area contributed by atoms with Gasteiger partial charge in [-0.25, -0.2) is 0 Å². The number of amides is 2. The average molecular weight is 333 g/mol. The Morgan fingerprint density at radius 2 is 1.65 bits per heavy atom. The molecule has 1 heterocycles. The molecule has 1 aliphatic rings. The van der Waals surface area contributed by atoms with Gasteiger partial charge in [0.2, 0.25) is 18.6 Å². The van der Waals surface area contributed by atoms with Crippen LogP contribution in [-0.4, -0.2) is 18.6 Å². The fraction of sp³-hybridized carbons (Fsp3) is 0.125. The number of hydrogen-bond donors (Lipinski definition) is 2. The number of nitrogens with one attached hydrogen (secondary N) is 2. The summed E-state index contributed by atoms with van der Waals surface area (Å²) in [6.45, 7) is 0.161. The zero-order chi connectivity index (χ0) is 16.2. The monoisotopic (exact) mass is 332 g/mol. The second-order valence-electron chi connectivity index (χ2n) is 4.85. The summed E-state index contributed by atoms with van der Waals surface area (Å²) in [7, 11) is 0. The SMILES string of the molecule is O=C(CC(=O)Nc1ccc2c(c1)OCO2)Nc1cccc(Cl)c1. The minimum Gasteiger partial charge on any atom is -0.454 e. The van der Waals surface area contributed by atoms with Crippen LogP contribution >= 0.6 is 11.6 Å². The van der Waals surface area contributed by atoms with Crippen molar-refractivity contribution >= 4 is 34.8 Å². The smallest absolute Gasteiger partial charge is 0.233 e. The van der Waals surface area contributed by atoms with Gasteiger partial charge in [-0.1, -0.05) is 17.7 Å². The van der Waals surface area contributed by atoms with Crippen LogP contribution in [0.25, 0.3) is 0 Å². The number of fused-ring (bicyclic) bond motifs is 1. The number of hydrogen-bond acceptors (Lipinski definition) is 4. The molecule has 0 aromatic heterocycles. The molecule has 0 bridgehead atoms. The van der Waals surface area contributed by atoms with Crippen LogP contribution in [0.15, 0.2) is 42.5 Å². The molecule has 0 fully saturated rings. The molecule has 7 heteroatoms. The third-order valence-electron chi connectivity index (χ3n) is 3.09. The van der Waals surface area contributed by atoms with Gasteiger partial charge in [0.1, 0.15) is 6.42 Å². The van der Waals surface area contributed by atoms with Crippen LogP contribution in [0.3, 0.4) is 0 Å². The molecule has 0 saturated heterocycles. The Labute approximate surface area is 137 Å². The summed E-state index contributed by atoms with van der Waals surface area (Å²) in [4.78, 5) is 23.8. The lowest BCUT2D eigenvalue weighted by Crippen LogP contribution is -2.21. The van der Waals surface area contributed by atoms with E-state index < -0.39 is 11.8 Å². The molecule has 0 radical (unpaired) electrons. The zero-order valence-electron chi connectivity index (χ0n) is 12.0. The minimum atomic E-state index is -0.427. The van der Waals surface area contributed by atoms with Gasteiger partial charge in [-0.15, -0.1) is 0 Å². The fourth-order valence-electron chi connectivity index (χ4n) is 2.10. The molecular weight excluding hydrogens is 320 g/mol. The largest absolute Gasteiger partial charge is 0.454 e. The predicted molar refractivity (Wildman–Crippen MR) is 85.9 cm³/mol. The molecule has 0 spiro atoms. The molecule has 0 atom stereocenters. The van der Waals surface area contributed by atoms with E-state index in [0.717, 1.165) is 0 Å². The van der Waals surface area contributed by atoms with Gasteiger partial charge in [0.05, 0.1) is 0 Å². The van der Waals surface area contributed by atoms with Crippen molar-refractivity contribution in [2.24, 2.45) is 0 Å². The lowest BCUT2D eigenvalue weighted by atomic mass is 10.2. The summed E-state index contributed by atoms with van der Waals surface area (Å²) in [6.07, 6.45) is -0.305. The Morgan fingerprint density at radius 3 is 2.39 bits per heavy atom. The van der Waals surface area contributed by atoms with Gasteiger partial charge >= 0.3 is 0 Å². The van der Waals surface area contributed by atoms with Crippen LogP contribution in [0, 0.1) is 0 Å². The summed E-state index contributed by atoms with van der Waals surface area (Å²) >= 11 is 5.84. The third kappa shape index (κ3) is 3.92. The number of halogens is 1. The molecule has 0 unspecified atom stereocenters. The number of carbonyl (C=O) groups is 2. The van der Waals surface area contributed by atoms with Crippen molar-refractivity contribution in [1.82, 2.24) is 0 Å². The van der Waals surface area contributed by atoms with Gasteiger partial charge in [0.25, 0.3) is 0 Å². The molecule has 23 heavy (non-hydrogen) atoms. The van der Waals surface area contributed by atoms with Gasteiger partial charge in [-0.3, -0.25) is 9.59 Å². The maximum atomic E-state index is 11.9. The maximum Gasteiger partial charge on any atom is 0.233 e. The van der Waals surface area contributed by atoms with Crippen LogP contribution in [-0.2, 0) is 9.59 Å². The second kappa shape index (κ2) is 6.58. The van der Waals surface area contributed by atoms with E-state index in [-0.39, 0.29) is 13.2 Å². The minimum absolute atomic E-state index is 0.161. The highest BCUT2D eigenvalue weighted by Crippen LogP contribution is 2.34. The number of ether oxygens (including phenoxy) is 2. The van der Waals surface area contributed by atoms with Crippen LogP contribution in [0.4, 0.5) is 11.4 Å². The molecule has 1 aliphatic heterocycles. The van der Waals surface area contributed by atoms with Crippen LogP contribution in [0.1, 0.15) is 6.42 Å². The van der Waals surface area contributed by atoms with Gasteiger partial charge in [0, 0.05) is 22.5 Å². The molecule has 3 rings (SSSR count). The maximum absolute atomic E-state index is 11.9. The quantitative estimate of drug-likeness (QED) is 0.844. The number of carbonyl (C=O) groups excluding carboxylic acids is 2. The first-order chi connectivity index (χ1) is 11.1. The molecule has 2 N–H and O–H groups in total. The summed E-state index contributed by atoms with van der Waals surface area (Å²) in [5.41, 5.74) is 1.08. The fourth-order valence-corrected chi connectivity index (χ4v) is 2.29. The summed E-state index contributed by atoms with van der Waals surface area (Å²) in [5.74, 6) is 0.335. The first-order valence-electron chi connectivity index (χ1n) is 6.85. The van der Waals surface area contributed by atoms with Crippen LogP contribution < -0.4 is 20.1 Å². The van der Waals surface area contributed by atoms with Gasteiger partial charge in [-0.2, -0.15) is 0 Å². The molecule has 0 saturated carbocycles. The van der Waals surface area contributed by atoms with E-state index in [1.165, 1.54) is 0 Å². The van der Waals surface area contributed by atoms with Gasteiger partial charge in [-0.05, 0) is 30.3 Å². The van der Waals surface area contributed by atoms with Gasteiger partial charge < -0.3 is 20.1 Å². The van der Waals surface area contributed by atoms with Crippen molar-refractivity contribution in [3.63, 3.8) is 0 Å². The van der Waals surface area contributed by atoms with E-state index in [4.69, 9.17) is 21.1 Å². The van der Waals surface area contributed by atoms with Crippen molar-refractivity contribution in [2.45, 2.75) is 6.42 Å². The van der Waals surface area contributed by atoms with Crippen molar-refractivity contribution in [2.75, 3.05) is 17.4 Å². The van der Waals surface area contributed by atoms with E-state index in [9.17, 15) is 9.59 Å². The Hall–Kier alpha value is -2.73. The third-order valence-corrected chi connectivity index (χ3v) is 3.32. The van der Waals surface area contributed by atoms with E-state index >= 15 is 0 Å². The highest BCUT2D eigenvalue weighted by atomic mass is 35.5. The van der Waals surface area contributed by atoms with Crippen molar-refractivity contribution in [1.29, 1.82) is 0 Å². The number of anilines is 2. The van der Waals surface area contributed by atoms with E-state index in [0.29, 0.717) is 27.9 Å². The molecule has 118 valence electrons. The number of rotatable bonds is 4. The Morgan fingerprint density at radius 1 is 0.957 bits per heavy atom. The van der Waals surface area contributed by atoms with Crippen LogP contribution in [0.2, 0.25) is 5.02 Å². The van der Waals surface area contributed by atoms with E-state index in [2.05, 4.69) is 10.6 Å². The molecule has 2 aromatic rings. The van der Waals surface area contributed by atoms with E-state index in [1.807, 2.05) is 0 Å². The summed E-state index contributed by atoms with van der Waals surface area (Å²) in [6, 6.07) is 11.7. The predicted octanol–water partition coefficient (Wildman–Crippen LogP) is 3.04. The van der Waals surface area contributed by atoms with Crippen molar-refractivity contribution < 1.29 is 19.1 Å². The summed E-state index contributed by atoms with van der Waals surface area (Å²) in [5, 5.41) is 5.76. The molecular formula is C16H13ClN2O4. The van der Waals surface area contributed by atoms with Crippen molar-refractivity contribution in [3.8, 4) is 11.5 Å². The van der Waals surface area contributed by atoms with Gasteiger partial charge in [0.15, 0.2) is 11.5 Å². The standard InChI is InChI=1S/C16H13ClN2O4/c17-10-2-1-3-11(6-10)18-15(20)8-16(21)19-12-4-5-13-14(7-12)23-9-22-13/h1-7H,8-9H2,(H,18,20)(H,19,21). The van der Waals surface area contributed by atoms with Crippen LogP contribution in [0.5, 0.6) is 11.5 Å². The molecule has 0 aliphatic carbocycles. The second-order valence-corrected chi connectivity index (χ2v) is 5.29. The topological polar surface area (TPSA) is 76.7 Å². The Kier molecular flexibility index (Phi) is 4.34. The summed E-state index contributed by atoms with van der Waals surface area (Å²) < 4.78 is 10.4. The normalized spacial score (nSPS) is 11.9. The van der Waals surface area contributed by atoms with E-state index in [1.54, 1.807) is 42.5 Å². The Balaban J connectivity index is 1.55. The van der Waals surface area contributed by atoms with Crippen molar-refractivity contribution in [3.05, 3.63) is 47.5 Å². The molecule has 6 nitrogen and oxygen atoms in total. The zero-order valence-corrected chi connectivity index (χ0v) is 12.7. The first kappa shape index (κ1) is 15.2. The molecule has 2 amide bonds. The highest BCUT2D eigenvalue weighted by Gasteiger charge is 2.15.